The van der Waals surface area contributed by atoms with Gasteiger partial charge in [0, 0.05) is 19.5 Å². The number of nitrogens with zero attached hydrogens (tertiary/aromatic N) is 1. The van der Waals surface area contributed by atoms with E-state index in [1.165, 1.54) is 58.2 Å². The molecule has 0 aromatic heterocycles. The zero-order chi connectivity index (χ0) is 53.9. The fourth-order valence-corrected chi connectivity index (χ4v) is 8.15. The lowest BCUT2D eigenvalue weighted by Gasteiger charge is -2.34. The van der Waals surface area contributed by atoms with E-state index < -0.39 is 150 Å². The monoisotopic (exact) mass is 1020 g/mol. The molecule has 13 atom stereocenters. The number of hydrogen-bond donors (Lipinski definition) is 8. The normalized spacial score (nSPS) is 29.3. The summed E-state index contributed by atoms with van der Waals surface area (Å²) in [6.07, 6.45) is -2.39. The second-order valence-electron chi connectivity index (χ2n) is 19.2. The lowest BCUT2D eigenvalue weighted by molar-refractivity contribution is -0.160. The van der Waals surface area contributed by atoms with Gasteiger partial charge in [-0.15, -0.1) is 0 Å². The molecule has 6 rings (SSSR count). The number of aliphatic hydroxyl groups is 2. The van der Waals surface area contributed by atoms with Gasteiger partial charge in [0.1, 0.15) is 66.9 Å². The van der Waals surface area contributed by atoms with E-state index in [0.717, 1.165) is 11.0 Å². The summed E-state index contributed by atoms with van der Waals surface area (Å²) in [6, 6.07) is 4.69. The van der Waals surface area contributed by atoms with Crippen molar-refractivity contribution in [2.45, 2.75) is 134 Å². The average Bonchev–Trinajstić information content (AvgIpc) is 4.17. The van der Waals surface area contributed by atoms with Gasteiger partial charge >= 0.3 is 11.9 Å². The maximum atomic E-state index is 15.2. The molecule has 7 amide bonds. The number of likely N-dealkylation sites (N-methyl/N-ethyl adjacent to an activating group) is 1. The Morgan fingerprint density at radius 2 is 1.45 bits per heavy atom. The molecule has 4 bridgehead atoms. The van der Waals surface area contributed by atoms with E-state index >= 15 is 4.79 Å². The van der Waals surface area contributed by atoms with Gasteiger partial charge in [-0.2, -0.15) is 0 Å². The van der Waals surface area contributed by atoms with Gasteiger partial charge in [-0.25, -0.2) is 4.79 Å². The highest BCUT2D eigenvalue weighted by atomic mass is 16.6. The van der Waals surface area contributed by atoms with Crippen molar-refractivity contribution < 1.29 is 72.3 Å². The van der Waals surface area contributed by atoms with Gasteiger partial charge in [-0.1, -0.05) is 83.5 Å². The molecule has 0 aliphatic carbocycles. The molecular formula is C51H69N7O15. The van der Waals surface area contributed by atoms with E-state index in [4.69, 9.17) is 18.9 Å². The Balaban J connectivity index is 1.72. The summed E-state index contributed by atoms with van der Waals surface area (Å²) in [5, 5.41) is 37.1. The summed E-state index contributed by atoms with van der Waals surface area (Å²) in [4.78, 5) is 129. The average molecular weight is 1020 g/mol. The minimum atomic E-state index is -1.94. The summed E-state index contributed by atoms with van der Waals surface area (Å²) in [6.45, 7) is 10.8. The van der Waals surface area contributed by atoms with E-state index in [-0.39, 0.29) is 18.6 Å². The van der Waals surface area contributed by atoms with Crippen molar-refractivity contribution in [2.75, 3.05) is 26.8 Å². The third-order valence-corrected chi connectivity index (χ3v) is 13.4. The van der Waals surface area contributed by atoms with Crippen LogP contribution in [0.2, 0.25) is 0 Å². The first-order valence-electron chi connectivity index (χ1n) is 24.4. The number of ether oxygens (including phenoxy) is 4. The predicted molar refractivity (Wildman–Crippen MR) is 260 cm³/mol. The van der Waals surface area contributed by atoms with E-state index in [1.54, 1.807) is 65.0 Å². The standard InChI is InChI=1S/C51H69N7O15/c1-10-27(4)39-46(65)57-42-33-16-18-34(19-17-33)73-31(8)51(25-71-51)21-20-37(60)52-23-38(61)70-24-35(50(69)72-30(7)41(48(67)54-39)56-44(63)28(5)43(62)26(2)3)53-47(66)40(29(6)59)55-45(64)36(58(9)49(42)68)22-32-14-12-11-13-15-32/h11-21,26-31,35-36,39-43,59,62H,10,22-25H2,1-9H3,(H,52,60)(H,53,66)(H,54,67)(H,55,64)(H,56,63)(H,57,65)/b21-20+/t27-,28-,29+,30-,31+,35?,36+,39-,40-,41+,42+,43+,51-/m0/s1. The molecule has 0 saturated carbocycles. The first-order chi connectivity index (χ1) is 34.5. The molecule has 2 saturated heterocycles. The number of carbonyl (C=O) groups is 9. The van der Waals surface area contributed by atoms with Crippen LogP contribution in [0.4, 0.5) is 0 Å². The number of benzene rings is 2. The largest absolute Gasteiger partial charge is 0.487 e. The lowest BCUT2D eigenvalue weighted by atomic mass is 9.93. The maximum Gasteiger partial charge on any atom is 0.332 e. The Bertz CT molecular complexity index is 2360. The van der Waals surface area contributed by atoms with Crippen molar-refractivity contribution in [1.29, 1.82) is 0 Å². The van der Waals surface area contributed by atoms with Crippen LogP contribution in [-0.2, 0) is 63.8 Å². The van der Waals surface area contributed by atoms with Crippen LogP contribution in [0.15, 0.2) is 66.7 Å². The molecule has 2 aromatic rings. The summed E-state index contributed by atoms with van der Waals surface area (Å²) < 4.78 is 23.0. The van der Waals surface area contributed by atoms with Crippen molar-refractivity contribution in [1.82, 2.24) is 36.8 Å². The highest BCUT2D eigenvalue weighted by Crippen LogP contribution is 2.35. The first kappa shape index (κ1) is 57.0. The Hall–Kier alpha value is -6.91. The Morgan fingerprint density at radius 3 is 2.05 bits per heavy atom. The SMILES string of the molecule is CC[C@H](C)[C@@H]1NC(=O)[C@H](NC(=O)[C@@H](C)[C@H](O)C(C)C)[C@H](C)OC(=O)C2COC(=O)CNC(=O)/C=C/[C@]3(CO3)[C@@H](C)Oc3ccc(cc3)[C@@H](NC1=O)C(=O)N(C)[C@H](Cc1ccccc1)C(=O)N[C@@H]([C@@H](C)O)C(=O)N2. The van der Waals surface area contributed by atoms with Crippen LogP contribution in [0.3, 0.4) is 0 Å². The Morgan fingerprint density at radius 1 is 0.822 bits per heavy atom. The van der Waals surface area contributed by atoms with Crippen molar-refractivity contribution >= 4 is 53.3 Å². The molecule has 8 N–H and O–H groups in total. The molecule has 398 valence electrons. The predicted octanol–water partition coefficient (Wildman–Crippen LogP) is -0.356. The summed E-state index contributed by atoms with van der Waals surface area (Å²) in [7, 11) is 1.32. The van der Waals surface area contributed by atoms with Crippen molar-refractivity contribution in [2.24, 2.45) is 17.8 Å². The van der Waals surface area contributed by atoms with Crippen LogP contribution in [0.1, 0.15) is 79.0 Å². The number of cyclic esters (lactones) is 1. The van der Waals surface area contributed by atoms with E-state index in [0.29, 0.717) is 17.7 Å². The van der Waals surface area contributed by atoms with E-state index in [2.05, 4.69) is 31.9 Å². The first-order valence-corrected chi connectivity index (χ1v) is 24.4. The maximum absolute atomic E-state index is 15.2. The molecule has 4 heterocycles. The third kappa shape index (κ3) is 14.8. The number of rotatable bonds is 9. The second kappa shape index (κ2) is 25.2. The molecule has 1 unspecified atom stereocenters. The highest BCUT2D eigenvalue weighted by Gasteiger charge is 2.49. The lowest BCUT2D eigenvalue weighted by Crippen LogP contribution is -2.61. The van der Waals surface area contributed by atoms with Crippen molar-refractivity contribution in [3.8, 4) is 5.75 Å². The molecule has 22 nitrogen and oxygen atoms in total. The van der Waals surface area contributed by atoms with Gasteiger partial charge in [-0.05, 0) is 61.9 Å². The smallest absolute Gasteiger partial charge is 0.332 e. The number of esters is 2. The minimum absolute atomic E-state index is 0.141. The van der Waals surface area contributed by atoms with Gasteiger partial charge in [-0.3, -0.25) is 38.4 Å². The fraction of sp³-hybridized carbons (Fsp3) is 0.549. The quantitative estimate of drug-likeness (QED) is 0.118. The molecule has 0 radical (unpaired) electrons. The number of epoxide rings is 1. The molecule has 22 heteroatoms. The Labute approximate surface area is 424 Å². The van der Waals surface area contributed by atoms with Gasteiger partial charge in [0.25, 0.3) is 0 Å². The minimum Gasteiger partial charge on any atom is -0.487 e. The highest BCUT2D eigenvalue weighted by molar-refractivity contribution is 5.98. The summed E-state index contributed by atoms with van der Waals surface area (Å²) in [5.74, 6) is -10.7. The summed E-state index contributed by atoms with van der Waals surface area (Å²) in [5.41, 5.74) is -0.249. The van der Waals surface area contributed by atoms with Gasteiger partial charge in [0.2, 0.25) is 41.4 Å². The molecule has 2 aromatic carbocycles. The Kier molecular flexibility index (Phi) is 19.6. The molecule has 4 aliphatic heterocycles. The van der Waals surface area contributed by atoms with Crippen LogP contribution < -0.4 is 36.6 Å². The van der Waals surface area contributed by atoms with E-state index in [9.17, 15) is 48.6 Å². The van der Waals surface area contributed by atoms with Crippen LogP contribution in [0.5, 0.6) is 5.75 Å². The number of nitrogens with one attached hydrogen (secondary N) is 6. The number of aliphatic hydroxyl groups excluding tert-OH is 2. The molecular weight excluding hydrogens is 951 g/mol. The number of amides is 7. The number of hydrogen-bond acceptors (Lipinski definition) is 15. The van der Waals surface area contributed by atoms with Crippen LogP contribution in [-0.4, -0.2) is 155 Å². The molecule has 2 fully saturated rings. The van der Waals surface area contributed by atoms with Crippen molar-refractivity contribution in [3.63, 3.8) is 0 Å². The number of fused-ring (bicyclic) bond motifs is 9. The van der Waals surface area contributed by atoms with Crippen LogP contribution >= 0.6 is 0 Å². The number of carbonyl (C=O) groups excluding carboxylic acids is 9. The molecule has 4 aliphatic rings. The van der Waals surface area contributed by atoms with E-state index in [1.807, 2.05) is 0 Å². The topological polar surface area (TPSA) is 310 Å². The van der Waals surface area contributed by atoms with Gasteiger partial charge < -0.3 is 66.0 Å². The summed E-state index contributed by atoms with van der Waals surface area (Å²) >= 11 is 0. The van der Waals surface area contributed by atoms with Crippen molar-refractivity contribution in [3.05, 3.63) is 77.9 Å². The third-order valence-electron chi connectivity index (χ3n) is 13.4. The molecule has 73 heavy (non-hydrogen) atoms. The van der Waals surface area contributed by atoms with Gasteiger partial charge in [0.05, 0.1) is 24.7 Å². The van der Waals surface area contributed by atoms with Crippen LogP contribution in [0.25, 0.3) is 0 Å². The fourth-order valence-electron chi connectivity index (χ4n) is 8.15. The zero-order valence-corrected chi connectivity index (χ0v) is 42.5. The van der Waals surface area contributed by atoms with Crippen LogP contribution in [0, 0.1) is 17.8 Å². The molecule has 1 spiro atoms. The zero-order valence-electron chi connectivity index (χ0n) is 42.5. The van der Waals surface area contributed by atoms with Gasteiger partial charge in [0.15, 0.2) is 6.04 Å². The second-order valence-corrected chi connectivity index (χ2v) is 19.2.